The highest BCUT2D eigenvalue weighted by molar-refractivity contribution is 7.78. The summed E-state index contributed by atoms with van der Waals surface area (Å²) in [5, 5.41) is 0. The van der Waals surface area contributed by atoms with Crippen molar-refractivity contribution in [3.05, 3.63) is 53.7 Å². The van der Waals surface area contributed by atoms with Crippen LogP contribution in [0.25, 0.3) is 11.3 Å². The van der Waals surface area contributed by atoms with E-state index < -0.39 is 11.1 Å². The molecule has 1 atom stereocenters. The van der Waals surface area contributed by atoms with Crippen LogP contribution < -0.4 is 0 Å². The zero-order valence-corrected chi connectivity index (χ0v) is 10.2. The standard InChI is InChI=1S/C13H13NO2S/c1-10-3-2-4-13(14-10)12-7-5-11(6-8-12)9-17(15)16/h2-8H,9H2,1H3,(H,15,16)/p-1. The van der Waals surface area contributed by atoms with Crippen LogP contribution in [0, 0.1) is 6.92 Å². The Morgan fingerprint density at radius 3 is 2.47 bits per heavy atom. The average Bonchev–Trinajstić information content (AvgIpc) is 2.29. The number of hydrogen-bond acceptors (Lipinski definition) is 3. The van der Waals surface area contributed by atoms with E-state index in [1.54, 1.807) is 0 Å². The van der Waals surface area contributed by atoms with Crippen molar-refractivity contribution in [2.24, 2.45) is 0 Å². The van der Waals surface area contributed by atoms with Crippen LogP contribution in [0.4, 0.5) is 0 Å². The molecule has 0 spiro atoms. The fourth-order valence-corrected chi connectivity index (χ4v) is 2.08. The fourth-order valence-electron chi connectivity index (χ4n) is 1.61. The van der Waals surface area contributed by atoms with Crippen molar-refractivity contribution in [1.82, 2.24) is 4.98 Å². The summed E-state index contributed by atoms with van der Waals surface area (Å²) in [4.78, 5) is 4.41. The lowest BCUT2D eigenvalue weighted by atomic mass is 10.1. The van der Waals surface area contributed by atoms with E-state index in [4.69, 9.17) is 0 Å². The molecule has 0 amide bonds. The number of hydrogen-bond donors (Lipinski definition) is 0. The molecule has 0 aliphatic rings. The molecular formula is C13H12NO2S-. The SMILES string of the molecule is Cc1cccc(-c2ccc(CS(=O)[O-])cc2)n1. The molecule has 4 heteroatoms. The van der Waals surface area contributed by atoms with Crippen molar-refractivity contribution < 1.29 is 8.76 Å². The quantitative estimate of drug-likeness (QED) is 0.781. The van der Waals surface area contributed by atoms with E-state index in [-0.39, 0.29) is 5.75 Å². The van der Waals surface area contributed by atoms with E-state index in [9.17, 15) is 8.76 Å². The summed E-state index contributed by atoms with van der Waals surface area (Å²) in [6.45, 7) is 1.94. The minimum absolute atomic E-state index is 0.0571. The maximum Gasteiger partial charge on any atom is 0.0705 e. The van der Waals surface area contributed by atoms with Crippen LogP contribution in [0.3, 0.4) is 0 Å². The Balaban J connectivity index is 2.26. The molecule has 1 aromatic heterocycles. The van der Waals surface area contributed by atoms with E-state index in [2.05, 4.69) is 4.98 Å². The molecule has 1 heterocycles. The molecule has 0 aliphatic carbocycles. The predicted octanol–water partition coefficient (Wildman–Crippen LogP) is 2.44. The molecular weight excluding hydrogens is 234 g/mol. The van der Waals surface area contributed by atoms with Crippen LogP contribution >= 0.6 is 0 Å². The molecule has 2 rings (SSSR count). The van der Waals surface area contributed by atoms with Crippen LogP contribution in [0.5, 0.6) is 0 Å². The summed E-state index contributed by atoms with van der Waals surface area (Å²) in [5.74, 6) is 0.0571. The van der Waals surface area contributed by atoms with Gasteiger partial charge in [-0.1, -0.05) is 41.4 Å². The van der Waals surface area contributed by atoms with Crippen molar-refractivity contribution >= 4 is 11.1 Å². The summed E-state index contributed by atoms with van der Waals surface area (Å²) in [5.41, 5.74) is 3.65. The smallest absolute Gasteiger partial charge is 0.0705 e. The van der Waals surface area contributed by atoms with Crippen LogP contribution in [0.15, 0.2) is 42.5 Å². The monoisotopic (exact) mass is 246 g/mol. The maximum atomic E-state index is 10.6. The van der Waals surface area contributed by atoms with Gasteiger partial charge in [0.1, 0.15) is 0 Å². The number of aryl methyl sites for hydroxylation is 1. The Morgan fingerprint density at radius 1 is 1.18 bits per heavy atom. The Kier molecular flexibility index (Phi) is 3.66. The third kappa shape index (κ3) is 3.22. The molecule has 0 N–H and O–H groups in total. The maximum absolute atomic E-state index is 10.6. The van der Waals surface area contributed by atoms with Gasteiger partial charge in [0.15, 0.2) is 0 Å². The Morgan fingerprint density at radius 2 is 1.88 bits per heavy atom. The number of nitrogens with zero attached hydrogens (tertiary/aromatic N) is 1. The van der Waals surface area contributed by atoms with E-state index in [1.165, 1.54) is 0 Å². The third-order valence-corrected chi connectivity index (χ3v) is 2.99. The molecule has 88 valence electrons. The summed E-state index contributed by atoms with van der Waals surface area (Å²) >= 11 is -2.04. The molecule has 0 saturated carbocycles. The normalized spacial score (nSPS) is 12.4. The second-order valence-electron chi connectivity index (χ2n) is 3.81. The fraction of sp³-hybridized carbons (Fsp3) is 0.154. The number of benzene rings is 1. The highest BCUT2D eigenvalue weighted by Crippen LogP contribution is 2.18. The first-order chi connectivity index (χ1) is 8.15. The predicted molar refractivity (Wildman–Crippen MR) is 67.0 cm³/mol. The number of pyridine rings is 1. The summed E-state index contributed by atoms with van der Waals surface area (Å²) in [6, 6.07) is 13.3. The zero-order valence-electron chi connectivity index (χ0n) is 9.42. The van der Waals surface area contributed by atoms with Crippen molar-refractivity contribution in [2.45, 2.75) is 12.7 Å². The first kappa shape index (κ1) is 12.0. The second kappa shape index (κ2) is 5.21. The van der Waals surface area contributed by atoms with Crippen molar-refractivity contribution in [3.8, 4) is 11.3 Å². The molecule has 0 fully saturated rings. The van der Waals surface area contributed by atoms with Gasteiger partial charge in [0.05, 0.1) is 5.69 Å². The van der Waals surface area contributed by atoms with Crippen LogP contribution in [0.2, 0.25) is 0 Å². The van der Waals surface area contributed by atoms with Gasteiger partial charge in [-0.3, -0.25) is 9.19 Å². The third-order valence-electron chi connectivity index (χ3n) is 2.42. The molecule has 0 saturated heterocycles. The van der Waals surface area contributed by atoms with Gasteiger partial charge >= 0.3 is 0 Å². The van der Waals surface area contributed by atoms with E-state index in [1.807, 2.05) is 49.4 Å². The minimum Gasteiger partial charge on any atom is -0.772 e. The van der Waals surface area contributed by atoms with Crippen molar-refractivity contribution in [2.75, 3.05) is 0 Å². The van der Waals surface area contributed by atoms with Gasteiger partial charge in [-0.2, -0.15) is 0 Å². The van der Waals surface area contributed by atoms with Gasteiger partial charge in [-0.05, 0) is 24.6 Å². The van der Waals surface area contributed by atoms with Crippen molar-refractivity contribution in [3.63, 3.8) is 0 Å². The molecule has 2 aromatic rings. The Hall–Kier alpha value is -1.52. The molecule has 3 nitrogen and oxygen atoms in total. The largest absolute Gasteiger partial charge is 0.772 e. The average molecular weight is 246 g/mol. The summed E-state index contributed by atoms with van der Waals surface area (Å²) < 4.78 is 21.1. The van der Waals surface area contributed by atoms with Gasteiger partial charge in [-0.25, -0.2) is 0 Å². The topological polar surface area (TPSA) is 53.0 Å². The van der Waals surface area contributed by atoms with Gasteiger partial charge < -0.3 is 4.55 Å². The second-order valence-corrected chi connectivity index (χ2v) is 4.71. The summed E-state index contributed by atoms with van der Waals surface area (Å²) in [6.07, 6.45) is 0. The van der Waals surface area contributed by atoms with Crippen molar-refractivity contribution in [1.29, 1.82) is 0 Å². The Labute approximate surface area is 103 Å². The number of rotatable bonds is 3. The van der Waals surface area contributed by atoms with E-state index >= 15 is 0 Å². The lowest BCUT2D eigenvalue weighted by Crippen LogP contribution is -1.93. The van der Waals surface area contributed by atoms with Gasteiger partial charge in [0.2, 0.25) is 0 Å². The molecule has 0 aliphatic heterocycles. The van der Waals surface area contributed by atoms with E-state index in [0.29, 0.717) is 0 Å². The van der Waals surface area contributed by atoms with Gasteiger partial charge in [0, 0.05) is 17.0 Å². The lowest BCUT2D eigenvalue weighted by Gasteiger charge is -2.06. The lowest BCUT2D eigenvalue weighted by molar-refractivity contribution is 0.536. The zero-order chi connectivity index (χ0) is 12.3. The first-order valence-electron chi connectivity index (χ1n) is 5.24. The molecule has 0 bridgehead atoms. The Bertz CT molecular complexity index is 537. The van der Waals surface area contributed by atoms with Crippen LogP contribution in [-0.2, 0) is 16.8 Å². The van der Waals surface area contributed by atoms with Gasteiger partial charge in [0.25, 0.3) is 0 Å². The van der Waals surface area contributed by atoms with E-state index in [0.717, 1.165) is 22.5 Å². The minimum atomic E-state index is -2.04. The molecule has 1 aromatic carbocycles. The molecule has 17 heavy (non-hydrogen) atoms. The molecule has 0 radical (unpaired) electrons. The summed E-state index contributed by atoms with van der Waals surface area (Å²) in [7, 11) is 0. The first-order valence-corrected chi connectivity index (χ1v) is 6.48. The van der Waals surface area contributed by atoms with Crippen LogP contribution in [-0.4, -0.2) is 13.7 Å². The highest BCUT2D eigenvalue weighted by atomic mass is 32.2. The molecule has 1 unspecified atom stereocenters. The number of aromatic nitrogens is 1. The van der Waals surface area contributed by atoms with Crippen LogP contribution in [0.1, 0.15) is 11.3 Å². The highest BCUT2D eigenvalue weighted by Gasteiger charge is 1.99. The van der Waals surface area contributed by atoms with Gasteiger partial charge in [-0.15, -0.1) is 0 Å².